The molecule has 0 saturated carbocycles. The SMILES string of the molecule is CC(Oc1ccc(Cl)cc1)C(=O)NCCC1=CCCCC1. The first-order valence-corrected chi connectivity index (χ1v) is 7.91. The molecule has 2 rings (SSSR count). The van der Waals surface area contributed by atoms with Crippen molar-refractivity contribution in [2.75, 3.05) is 6.54 Å². The van der Waals surface area contributed by atoms with E-state index in [0.29, 0.717) is 17.3 Å². The second-order valence-electron chi connectivity index (χ2n) is 5.36. The fourth-order valence-corrected chi connectivity index (χ4v) is 2.52. The van der Waals surface area contributed by atoms with E-state index in [1.165, 1.54) is 31.3 Å². The summed E-state index contributed by atoms with van der Waals surface area (Å²) in [7, 11) is 0. The molecule has 0 radical (unpaired) electrons. The minimum Gasteiger partial charge on any atom is -0.481 e. The fourth-order valence-electron chi connectivity index (χ4n) is 2.39. The minimum atomic E-state index is -0.508. The van der Waals surface area contributed by atoms with E-state index in [0.717, 1.165) is 6.42 Å². The number of allylic oxidation sites excluding steroid dienone is 1. The van der Waals surface area contributed by atoms with Gasteiger partial charge in [-0.1, -0.05) is 23.3 Å². The van der Waals surface area contributed by atoms with Gasteiger partial charge >= 0.3 is 0 Å². The molecule has 1 amide bonds. The van der Waals surface area contributed by atoms with Crippen LogP contribution in [0.2, 0.25) is 5.02 Å². The van der Waals surface area contributed by atoms with E-state index in [9.17, 15) is 4.79 Å². The first-order chi connectivity index (χ1) is 10.1. The lowest BCUT2D eigenvalue weighted by atomic mass is 9.97. The summed E-state index contributed by atoms with van der Waals surface area (Å²) in [6.45, 7) is 2.43. The predicted molar refractivity (Wildman–Crippen MR) is 85.7 cm³/mol. The molecule has 21 heavy (non-hydrogen) atoms. The Kier molecular flexibility index (Phi) is 6.12. The first-order valence-electron chi connectivity index (χ1n) is 7.53. The summed E-state index contributed by atoms with van der Waals surface area (Å²) in [5.41, 5.74) is 1.47. The van der Waals surface area contributed by atoms with Crippen LogP contribution in [0.15, 0.2) is 35.9 Å². The molecule has 0 fully saturated rings. The Morgan fingerprint density at radius 1 is 1.33 bits per heavy atom. The standard InChI is InChI=1S/C17H22ClNO2/c1-13(21-16-9-7-15(18)8-10-16)17(20)19-12-11-14-5-3-2-4-6-14/h5,7-10,13H,2-4,6,11-12H2,1H3,(H,19,20). The van der Waals surface area contributed by atoms with Crippen LogP contribution in [-0.2, 0) is 4.79 Å². The van der Waals surface area contributed by atoms with E-state index in [1.54, 1.807) is 31.2 Å². The van der Waals surface area contributed by atoms with Gasteiger partial charge in [0.2, 0.25) is 0 Å². The number of hydrogen-bond donors (Lipinski definition) is 1. The minimum absolute atomic E-state index is 0.0821. The summed E-state index contributed by atoms with van der Waals surface area (Å²) in [4.78, 5) is 12.0. The highest BCUT2D eigenvalue weighted by molar-refractivity contribution is 6.30. The Labute approximate surface area is 131 Å². The van der Waals surface area contributed by atoms with Crippen molar-refractivity contribution >= 4 is 17.5 Å². The molecule has 1 aromatic rings. The second-order valence-corrected chi connectivity index (χ2v) is 5.80. The van der Waals surface area contributed by atoms with Crippen LogP contribution >= 0.6 is 11.6 Å². The maximum atomic E-state index is 12.0. The van der Waals surface area contributed by atoms with Crippen molar-refractivity contribution in [1.29, 1.82) is 0 Å². The first kappa shape index (κ1) is 15.9. The molecule has 0 aliphatic heterocycles. The Morgan fingerprint density at radius 3 is 2.76 bits per heavy atom. The van der Waals surface area contributed by atoms with Gasteiger partial charge in [-0.2, -0.15) is 0 Å². The lowest BCUT2D eigenvalue weighted by Crippen LogP contribution is -2.36. The highest BCUT2D eigenvalue weighted by Crippen LogP contribution is 2.19. The smallest absolute Gasteiger partial charge is 0.260 e. The fraction of sp³-hybridized carbons (Fsp3) is 0.471. The van der Waals surface area contributed by atoms with Gasteiger partial charge in [0.1, 0.15) is 5.75 Å². The largest absolute Gasteiger partial charge is 0.481 e. The maximum Gasteiger partial charge on any atom is 0.260 e. The number of amides is 1. The number of rotatable bonds is 6. The molecule has 1 aliphatic carbocycles. The summed E-state index contributed by atoms with van der Waals surface area (Å²) < 4.78 is 5.59. The monoisotopic (exact) mass is 307 g/mol. The number of ether oxygens (including phenoxy) is 1. The average molecular weight is 308 g/mol. The maximum absolute atomic E-state index is 12.0. The van der Waals surface area contributed by atoms with Crippen LogP contribution in [0.4, 0.5) is 0 Å². The number of nitrogens with one attached hydrogen (secondary N) is 1. The molecule has 114 valence electrons. The zero-order valence-corrected chi connectivity index (χ0v) is 13.2. The number of carbonyl (C=O) groups excluding carboxylic acids is 1. The van der Waals surface area contributed by atoms with Gasteiger partial charge in [-0.25, -0.2) is 0 Å². The van der Waals surface area contributed by atoms with Crippen molar-refractivity contribution in [1.82, 2.24) is 5.32 Å². The van der Waals surface area contributed by atoms with Crippen LogP contribution in [0.3, 0.4) is 0 Å². The molecule has 0 heterocycles. The molecule has 0 saturated heterocycles. The quantitative estimate of drug-likeness (QED) is 0.803. The van der Waals surface area contributed by atoms with E-state index < -0.39 is 6.10 Å². The van der Waals surface area contributed by atoms with Crippen LogP contribution in [0.5, 0.6) is 5.75 Å². The van der Waals surface area contributed by atoms with Crippen molar-refractivity contribution in [2.45, 2.75) is 45.1 Å². The molecule has 1 N–H and O–H groups in total. The van der Waals surface area contributed by atoms with Crippen molar-refractivity contribution in [3.8, 4) is 5.75 Å². The Balaban J connectivity index is 1.72. The molecule has 1 atom stereocenters. The van der Waals surface area contributed by atoms with E-state index >= 15 is 0 Å². The van der Waals surface area contributed by atoms with Gasteiger partial charge in [0.15, 0.2) is 6.10 Å². The Morgan fingerprint density at radius 2 is 2.10 bits per heavy atom. The summed E-state index contributed by atoms with van der Waals surface area (Å²) in [5.74, 6) is 0.568. The normalized spacial score (nSPS) is 16.0. The van der Waals surface area contributed by atoms with Crippen LogP contribution in [-0.4, -0.2) is 18.6 Å². The third kappa shape index (κ3) is 5.43. The van der Waals surface area contributed by atoms with Crippen molar-refractivity contribution in [3.63, 3.8) is 0 Å². The highest BCUT2D eigenvalue weighted by atomic mass is 35.5. The average Bonchev–Trinajstić information content (AvgIpc) is 2.50. The molecule has 0 bridgehead atoms. The van der Waals surface area contributed by atoms with E-state index in [2.05, 4.69) is 11.4 Å². The highest BCUT2D eigenvalue weighted by Gasteiger charge is 2.14. The third-order valence-corrected chi connectivity index (χ3v) is 3.88. The lowest BCUT2D eigenvalue weighted by molar-refractivity contribution is -0.127. The van der Waals surface area contributed by atoms with E-state index in [4.69, 9.17) is 16.3 Å². The number of benzene rings is 1. The van der Waals surface area contributed by atoms with E-state index in [-0.39, 0.29) is 5.91 Å². The summed E-state index contributed by atoms with van der Waals surface area (Å²) >= 11 is 5.81. The summed E-state index contributed by atoms with van der Waals surface area (Å²) in [6.07, 6.45) is 7.67. The molecule has 1 aliphatic rings. The molecule has 3 nitrogen and oxygen atoms in total. The van der Waals surface area contributed by atoms with Crippen LogP contribution in [0, 0.1) is 0 Å². The van der Waals surface area contributed by atoms with Crippen molar-refractivity contribution < 1.29 is 9.53 Å². The van der Waals surface area contributed by atoms with Crippen LogP contribution in [0.1, 0.15) is 39.0 Å². The zero-order valence-electron chi connectivity index (χ0n) is 12.4. The van der Waals surface area contributed by atoms with Gasteiger partial charge in [-0.05, 0) is 63.3 Å². The second kappa shape index (κ2) is 8.08. The molecular formula is C17H22ClNO2. The Bertz CT molecular complexity index is 496. The van der Waals surface area contributed by atoms with Crippen LogP contribution < -0.4 is 10.1 Å². The predicted octanol–water partition coefficient (Wildman–Crippen LogP) is 4.11. The van der Waals surface area contributed by atoms with Gasteiger partial charge in [0.25, 0.3) is 5.91 Å². The summed E-state index contributed by atoms with van der Waals surface area (Å²) in [5, 5.41) is 3.58. The lowest BCUT2D eigenvalue weighted by Gasteiger charge is -2.16. The molecule has 0 spiro atoms. The van der Waals surface area contributed by atoms with Gasteiger partial charge in [0.05, 0.1) is 0 Å². The summed E-state index contributed by atoms with van der Waals surface area (Å²) in [6, 6.07) is 7.02. The molecule has 4 heteroatoms. The number of carbonyl (C=O) groups is 1. The van der Waals surface area contributed by atoms with Crippen molar-refractivity contribution in [3.05, 3.63) is 40.9 Å². The third-order valence-electron chi connectivity index (χ3n) is 3.63. The van der Waals surface area contributed by atoms with Gasteiger partial charge in [-0.15, -0.1) is 0 Å². The van der Waals surface area contributed by atoms with Crippen LogP contribution in [0.25, 0.3) is 0 Å². The van der Waals surface area contributed by atoms with Crippen molar-refractivity contribution in [2.24, 2.45) is 0 Å². The number of halogens is 1. The van der Waals surface area contributed by atoms with E-state index in [1.807, 2.05) is 0 Å². The molecular weight excluding hydrogens is 286 g/mol. The van der Waals surface area contributed by atoms with Gasteiger partial charge < -0.3 is 10.1 Å². The van der Waals surface area contributed by atoms with Gasteiger partial charge in [-0.3, -0.25) is 4.79 Å². The molecule has 0 aromatic heterocycles. The number of hydrogen-bond acceptors (Lipinski definition) is 2. The zero-order chi connectivity index (χ0) is 15.1. The molecule has 1 unspecified atom stereocenters. The Hall–Kier alpha value is -1.48. The van der Waals surface area contributed by atoms with Gasteiger partial charge in [0, 0.05) is 11.6 Å². The molecule has 1 aromatic carbocycles. The topological polar surface area (TPSA) is 38.3 Å².